The Morgan fingerprint density at radius 3 is 2.47 bits per heavy atom. The van der Waals surface area contributed by atoms with Crippen molar-refractivity contribution in [3.05, 3.63) is 29.1 Å². The molecule has 0 aliphatic rings. The Bertz CT molecular complexity index is 455. The fourth-order valence-electron chi connectivity index (χ4n) is 1.39. The van der Waals surface area contributed by atoms with Gasteiger partial charge in [-0.05, 0) is 17.7 Å². The molecule has 0 aliphatic carbocycles. The third kappa shape index (κ3) is 2.79. The summed E-state index contributed by atoms with van der Waals surface area (Å²) in [6, 6.07) is 2.36. The zero-order valence-corrected chi connectivity index (χ0v) is 9.32. The van der Waals surface area contributed by atoms with Crippen LogP contribution in [-0.4, -0.2) is 31.1 Å². The van der Waals surface area contributed by atoms with E-state index in [1.807, 2.05) is 0 Å². The minimum Gasteiger partial charge on any atom is -0.493 e. The maximum atomic E-state index is 13.5. The molecule has 5 nitrogen and oxygen atoms in total. The number of halogens is 1. The van der Waals surface area contributed by atoms with Gasteiger partial charge in [-0.25, -0.2) is 9.18 Å². The number of Topliss-reactive ketones (excluding diaryl/α,β-unsaturated/α-hetero) is 1. The lowest BCUT2D eigenvalue weighted by atomic mass is 10.1. The Kier molecular flexibility index (Phi) is 4.17. The first-order chi connectivity index (χ1) is 8.01. The SMILES string of the molecule is COCc1cc(F)c(OC)c(C(=O)C(=O)O)c1. The van der Waals surface area contributed by atoms with E-state index in [1.165, 1.54) is 13.2 Å². The van der Waals surface area contributed by atoms with Crippen LogP contribution in [0.3, 0.4) is 0 Å². The summed E-state index contributed by atoms with van der Waals surface area (Å²) in [5.74, 6) is -4.07. The van der Waals surface area contributed by atoms with Gasteiger partial charge in [0.15, 0.2) is 11.6 Å². The van der Waals surface area contributed by atoms with E-state index >= 15 is 0 Å². The van der Waals surface area contributed by atoms with E-state index in [-0.39, 0.29) is 17.9 Å². The highest BCUT2D eigenvalue weighted by molar-refractivity contribution is 6.40. The van der Waals surface area contributed by atoms with E-state index in [9.17, 15) is 14.0 Å². The number of hydrogen-bond acceptors (Lipinski definition) is 4. The summed E-state index contributed by atoms with van der Waals surface area (Å²) in [6.45, 7) is 0.0703. The first-order valence-electron chi connectivity index (χ1n) is 4.64. The number of carboxylic acids is 1. The molecule has 0 saturated carbocycles. The Morgan fingerprint density at radius 2 is 2.00 bits per heavy atom. The molecule has 1 N–H and O–H groups in total. The molecule has 0 atom stereocenters. The standard InChI is InChI=1S/C11H11FO5/c1-16-5-6-3-7(9(13)11(14)15)10(17-2)8(12)4-6/h3-4H,5H2,1-2H3,(H,14,15). The van der Waals surface area contributed by atoms with Crippen LogP contribution in [0.25, 0.3) is 0 Å². The van der Waals surface area contributed by atoms with Gasteiger partial charge in [0, 0.05) is 7.11 Å². The summed E-state index contributed by atoms with van der Waals surface area (Å²) in [6.07, 6.45) is 0. The first-order valence-corrected chi connectivity index (χ1v) is 4.64. The van der Waals surface area contributed by atoms with Crippen LogP contribution >= 0.6 is 0 Å². The molecule has 0 fully saturated rings. The number of methoxy groups -OCH3 is 2. The van der Waals surface area contributed by atoms with Gasteiger partial charge < -0.3 is 14.6 Å². The molecule has 0 heterocycles. The topological polar surface area (TPSA) is 72.8 Å². The lowest BCUT2D eigenvalue weighted by Crippen LogP contribution is -2.15. The third-order valence-electron chi connectivity index (χ3n) is 2.06. The molecule has 0 spiro atoms. The quantitative estimate of drug-likeness (QED) is 0.621. The molecule has 6 heteroatoms. The van der Waals surface area contributed by atoms with Crippen LogP contribution in [0.4, 0.5) is 4.39 Å². The average Bonchev–Trinajstić information content (AvgIpc) is 2.27. The lowest BCUT2D eigenvalue weighted by molar-refractivity contribution is -0.131. The molecule has 0 aliphatic heterocycles. The van der Waals surface area contributed by atoms with Gasteiger partial charge in [0.25, 0.3) is 5.78 Å². The van der Waals surface area contributed by atoms with Gasteiger partial charge in [0.2, 0.25) is 0 Å². The molecule has 0 unspecified atom stereocenters. The van der Waals surface area contributed by atoms with E-state index in [0.717, 1.165) is 13.2 Å². The van der Waals surface area contributed by atoms with Crippen molar-refractivity contribution in [3.63, 3.8) is 0 Å². The molecule has 0 bridgehead atoms. The molecule has 92 valence electrons. The average molecular weight is 242 g/mol. The smallest absolute Gasteiger partial charge is 0.377 e. The Labute approximate surface area is 96.8 Å². The summed E-state index contributed by atoms with van der Waals surface area (Å²) in [7, 11) is 2.56. The van der Waals surface area contributed by atoms with Crippen molar-refractivity contribution in [1.82, 2.24) is 0 Å². The fraction of sp³-hybridized carbons (Fsp3) is 0.273. The van der Waals surface area contributed by atoms with Crippen LogP contribution in [0.15, 0.2) is 12.1 Å². The van der Waals surface area contributed by atoms with Crippen molar-refractivity contribution >= 4 is 11.8 Å². The monoisotopic (exact) mass is 242 g/mol. The van der Waals surface area contributed by atoms with Gasteiger partial charge in [0.1, 0.15) is 0 Å². The molecular formula is C11H11FO5. The largest absolute Gasteiger partial charge is 0.493 e. The van der Waals surface area contributed by atoms with E-state index in [4.69, 9.17) is 9.84 Å². The van der Waals surface area contributed by atoms with Crippen molar-refractivity contribution in [2.45, 2.75) is 6.61 Å². The number of aliphatic carboxylic acids is 1. The summed E-state index contributed by atoms with van der Waals surface area (Å²) in [4.78, 5) is 21.9. The first kappa shape index (κ1) is 13.1. The minimum absolute atomic E-state index is 0.0703. The number of carbonyl (C=O) groups excluding carboxylic acids is 1. The van der Waals surface area contributed by atoms with Crippen molar-refractivity contribution < 1.29 is 28.6 Å². The number of carboxylic acid groups (broad SMARTS) is 1. The molecular weight excluding hydrogens is 231 g/mol. The van der Waals surface area contributed by atoms with E-state index < -0.39 is 17.6 Å². The summed E-state index contributed by atoms with van der Waals surface area (Å²) < 4.78 is 23.0. The van der Waals surface area contributed by atoms with Gasteiger partial charge in [-0.15, -0.1) is 0 Å². The van der Waals surface area contributed by atoms with E-state index in [1.54, 1.807) is 0 Å². The van der Waals surface area contributed by atoms with Gasteiger partial charge in [0.05, 0.1) is 19.3 Å². The van der Waals surface area contributed by atoms with Gasteiger partial charge >= 0.3 is 5.97 Å². The second kappa shape index (κ2) is 5.40. The molecule has 0 radical (unpaired) electrons. The maximum Gasteiger partial charge on any atom is 0.377 e. The molecule has 0 aromatic heterocycles. The number of rotatable bonds is 5. The van der Waals surface area contributed by atoms with Crippen molar-refractivity contribution in [3.8, 4) is 5.75 Å². The van der Waals surface area contributed by atoms with E-state index in [2.05, 4.69) is 4.74 Å². The normalized spacial score (nSPS) is 10.1. The zero-order valence-electron chi connectivity index (χ0n) is 9.32. The Balaban J connectivity index is 3.33. The molecule has 17 heavy (non-hydrogen) atoms. The number of ketones is 1. The molecule has 0 saturated heterocycles. The predicted molar refractivity (Wildman–Crippen MR) is 55.6 cm³/mol. The molecule has 1 aromatic rings. The second-order valence-corrected chi connectivity index (χ2v) is 3.23. The van der Waals surface area contributed by atoms with Gasteiger partial charge in [-0.3, -0.25) is 4.79 Å². The van der Waals surface area contributed by atoms with Crippen molar-refractivity contribution in [1.29, 1.82) is 0 Å². The van der Waals surface area contributed by atoms with Crippen LogP contribution in [0, 0.1) is 5.82 Å². The summed E-state index contributed by atoms with van der Waals surface area (Å²) >= 11 is 0. The number of carbonyl (C=O) groups is 2. The van der Waals surface area contributed by atoms with E-state index in [0.29, 0.717) is 5.56 Å². The minimum atomic E-state index is -1.67. The highest BCUT2D eigenvalue weighted by Gasteiger charge is 2.23. The van der Waals surface area contributed by atoms with Crippen LogP contribution in [0.5, 0.6) is 5.75 Å². The highest BCUT2D eigenvalue weighted by Crippen LogP contribution is 2.25. The third-order valence-corrected chi connectivity index (χ3v) is 2.06. The number of benzene rings is 1. The fourth-order valence-corrected chi connectivity index (χ4v) is 1.39. The predicted octanol–water partition coefficient (Wildman–Crippen LogP) is 1.25. The highest BCUT2D eigenvalue weighted by atomic mass is 19.1. The summed E-state index contributed by atoms with van der Waals surface area (Å²) in [5.41, 5.74) is 0.0300. The molecule has 1 aromatic carbocycles. The number of hydrogen-bond donors (Lipinski definition) is 1. The Hall–Kier alpha value is -1.95. The Morgan fingerprint density at radius 1 is 1.35 bits per heavy atom. The molecule has 0 amide bonds. The maximum absolute atomic E-state index is 13.5. The lowest BCUT2D eigenvalue weighted by Gasteiger charge is -2.09. The van der Waals surface area contributed by atoms with Crippen molar-refractivity contribution in [2.75, 3.05) is 14.2 Å². The number of ether oxygens (including phenoxy) is 2. The van der Waals surface area contributed by atoms with Gasteiger partial charge in [-0.1, -0.05) is 0 Å². The zero-order chi connectivity index (χ0) is 13.0. The summed E-state index contributed by atoms with van der Waals surface area (Å²) in [5, 5.41) is 8.61. The second-order valence-electron chi connectivity index (χ2n) is 3.23. The van der Waals surface area contributed by atoms with Gasteiger partial charge in [-0.2, -0.15) is 0 Å². The van der Waals surface area contributed by atoms with Crippen LogP contribution < -0.4 is 4.74 Å². The van der Waals surface area contributed by atoms with Crippen LogP contribution in [0.1, 0.15) is 15.9 Å². The van der Waals surface area contributed by atoms with Crippen molar-refractivity contribution in [2.24, 2.45) is 0 Å². The van der Waals surface area contributed by atoms with Crippen LogP contribution in [0.2, 0.25) is 0 Å². The molecule has 1 rings (SSSR count). The van der Waals surface area contributed by atoms with Crippen LogP contribution in [-0.2, 0) is 16.1 Å².